The lowest BCUT2D eigenvalue weighted by molar-refractivity contribution is -0.119. The molecule has 0 spiro atoms. The SMILES string of the molecule is CC1=CC(=O)NC(N(N)C(=O)n2ccnc2)N1. The number of allylic oxidation sites excluding steroid dienone is 1. The number of nitrogens with two attached hydrogens (primary N) is 1. The molecular formula is C9H12N6O2. The third kappa shape index (κ3) is 2.26. The molecule has 1 aromatic heterocycles. The zero-order chi connectivity index (χ0) is 12.4. The molecule has 8 heteroatoms. The number of hydrazine groups is 1. The summed E-state index contributed by atoms with van der Waals surface area (Å²) < 4.78 is 1.21. The summed E-state index contributed by atoms with van der Waals surface area (Å²) in [6, 6.07) is -0.505. The first-order valence-electron chi connectivity index (χ1n) is 4.89. The lowest BCUT2D eigenvalue weighted by Crippen LogP contribution is -2.63. The van der Waals surface area contributed by atoms with Crippen molar-refractivity contribution >= 4 is 11.9 Å². The summed E-state index contributed by atoms with van der Waals surface area (Å²) in [4.78, 5) is 26.8. The third-order valence-electron chi connectivity index (χ3n) is 2.22. The van der Waals surface area contributed by atoms with E-state index in [2.05, 4.69) is 15.6 Å². The van der Waals surface area contributed by atoms with Crippen LogP contribution in [0, 0.1) is 0 Å². The molecule has 2 heterocycles. The Bertz CT molecular complexity index is 466. The minimum Gasteiger partial charge on any atom is -0.351 e. The smallest absolute Gasteiger partial charge is 0.346 e. The highest BCUT2D eigenvalue weighted by atomic mass is 16.2. The first-order chi connectivity index (χ1) is 8.08. The maximum absolute atomic E-state index is 11.8. The number of aromatic nitrogens is 2. The molecule has 0 bridgehead atoms. The van der Waals surface area contributed by atoms with Crippen molar-refractivity contribution in [1.82, 2.24) is 25.2 Å². The van der Waals surface area contributed by atoms with Gasteiger partial charge in [0.1, 0.15) is 6.33 Å². The van der Waals surface area contributed by atoms with Gasteiger partial charge in [0.15, 0.2) is 6.29 Å². The van der Waals surface area contributed by atoms with Gasteiger partial charge in [-0.1, -0.05) is 0 Å². The van der Waals surface area contributed by atoms with Crippen LogP contribution in [0.2, 0.25) is 0 Å². The molecular weight excluding hydrogens is 224 g/mol. The lowest BCUT2D eigenvalue weighted by atomic mass is 10.3. The van der Waals surface area contributed by atoms with Crippen LogP contribution in [0.15, 0.2) is 30.5 Å². The first kappa shape index (κ1) is 11.1. The molecule has 0 aromatic carbocycles. The highest BCUT2D eigenvalue weighted by Gasteiger charge is 2.25. The fourth-order valence-corrected chi connectivity index (χ4v) is 1.42. The summed E-state index contributed by atoms with van der Waals surface area (Å²) in [7, 11) is 0. The van der Waals surface area contributed by atoms with Gasteiger partial charge in [-0.2, -0.15) is 0 Å². The molecule has 0 aliphatic carbocycles. The van der Waals surface area contributed by atoms with Crippen LogP contribution < -0.4 is 16.5 Å². The summed E-state index contributed by atoms with van der Waals surface area (Å²) in [5, 5.41) is 6.26. The van der Waals surface area contributed by atoms with Crippen LogP contribution in [-0.4, -0.2) is 32.8 Å². The number of amides is 2. The van der Waals surface area contributed by atoms with Crippen molar-refractivity contribution in [3.05, 3.63) is 30.5 Å². The van der Waals surface area contributed by atoms with Crippen molar-refractivity contribution in [2.75, 3.05) is 0 Å². The monoisotopic (exact) mass is 236 g/mol. The Labute approximate surface area is 97.1 Å². The molecule has 1 aromatic rings. The highest BCUT2D eigenvalue weighted by Crippen LogP contribution is 2.01. The van der Waals surface area contributed by atoms with Crippen molar-refractivity contribution in [2.45, 2.75) is 13.2 Å². The van der Waals surface area contributed by atoms with Gasteiger partial charge in [0.2, 0.25) is 5.91 Å². The van der Waals surface area contributed by atoms with E-state index in [-0.39, 0.29) is 5.91 Å². The van der Waals surface area contributed by atoms with E-state index >= 15 is 0 Å². The molecule has 0 saturated carbocycles. The molecule has 2 rings (SSSR count). The molecule has 4 N–H and O–H groups in total. The normalized spacial score (nSPS) is 19.1. The standard InChI is InChI=1S/C9H12N6O2/c1-6-4-7(16)13-8(12-6)15(10)9(17)14-3-2-11-5-14/h2-5,8,12H,10H2,1H3,(H,13,16). The van der Waals surface area contributed by atoms with Crippen molar-refractivity contribution in [3.63, 3.8) is 0 Å². The lowest BCUT2D eigenvalue weighted by Gasteiger charge is -2.31. The number of nitrogens with one attached hydrogen (secondary N) is 2. The third-order valence-corrected chi connectivity index (χ3v) is 2.22. The van der Waals surface area contributed by atoms with Gasteiger partial charge in [0.05, 0.1) is 0 Å². The van der Waals surface area contributed by atoms with Gasteiger partial charge in [-0.3, -0.25) is 9.36 Å². The number of carbonyl (C=O) groups is 2. The molecule has 0 fully saturated rings. The number of rotatable bonds is 1. The van der Waals surface area contributed by atoms with Crippen LogP contribution in [0.4, 0.5) is 4.79 Å². The molecule has 0 saturated heterocycles. The largest absolute Gasteiger partial charge is 0.351 e. The molecule has 8 nitrogen and oxygen atoms in total. The molecule has 1 atom stereocenters. The maximum atomic E-state index is 11.8. The molecule has 90 valence electrons. The fourth-order valence-electron chi connectivity index (χ4n) is 1.42. The van der Waals surface area contributed by atoms with Crippen LogP contribution in [-0.2, 0) is 4.79 Å². The number of nitrogens with zero attached hydrogens (tertiary/aromatic N) is 3. The fraction of sp³-hybridized carbons (Fsp3) is 0.222. The van der Waals surface area contributed by atoms with E-state index in [1.54, 1.807) is 6.92 Å². The van der Waals surface area contributed by atoms with Gasteiger partial charge in [0.25, 0.3) is 0 Å². The average molecular weight is 236 g/mol. The summed E-state index contributed by atoms with van der Waals surface area (Å²) in [6.45, 7) is 1.71. The Kier molecular flexibility index (Phi) is 2.79. The Hall–Kier alpha value is -2.35. The summed E-state index contributed by atoms with van der Waals surface area (Å²) in [6.07, 6.45) is 4.86. The van der Waals surface area contributed by atoms with Crippen LogP contribution in [0.5, 0.6) is 0 Å². The summed E-state index contributed by atoms with van der Waals surface area (Å²) in [5.74, 6) is 5.33. The Morgan fingerprint density at radius 2 is 2.35 bits per heavy atom. The number of hydrogen-bond donors (Lipinski definition) is 3. The minimum atomic E-state index is -0.776. The van der Waals surface area contributed by atoms with E-state index in [1.807, 2.05) is 0 Å². The van der Waals surface area contributed by atoms with Crippen LogP contribution >= 0.6 is 0 Å². The van der Waals surface area contributed by atoms with Crippen molar-refractivity contribution < 1.29 is 9.59 Å². The minimum absolute atomic E-state index is 0.305. The van der Waals surface area contributed by atoms with Gasteiger partial charge in [-0.05, 0) is 6.92 Å². The van der Waals surface area contributed by atoms with Gasteiger partial charge >= 0.3 is 6.03 Å². The Balaban J connectivity index is 2.11. The van der Waals surface area contributed by atoms with E-state index in [0.717, 1.165) is 5.01 Å². The predicted octanol–water partition coefficient (Wildman–Crippen LogP) is -1.07. The van der Waals surface area contributed by atoms with Crippen molar-refractivity contribution in [2.24, 2.45) is 5.84 Å². The van der Waals surface area contributed by atoms with Crippen molar-refractivity contribution in [3.8, 4) is 0 Å². The number of carbonyl (C=O) groups excluding carboxylic acids is 2. The van der Waals surface area contributed by atoms with Crippen molar-refractivity contribution in [1.29, 1.82) is 0 Å². The van der Waals surface area contributed by atoms with E-state index in [1.165, 1.54) is 29.4 Å². The highest BCUT2D eigenvalue weighted by molar-refractivity contribution is 5.89. The zero-order valence-electron chi connectivity index (χ0n) is 9.12. The quantitative estimate of drug-likeness (QED) is 0.327. The summed E-state index contributed by atoms with van der Waals surface area (Å²) in [5.41, 5.74) is 0.632. The Morgan fingerprint density at radius 3 is 2.94 bits per heavy atom. The molecule has 2 amide bonds. The molecule has 1 unspecified atom stereocenters. The first-order valence-corrected chi connectivity index (χ1v) is 4.89. The molecule has 17 heavy (non-hydrogen) atoms. The van der Waals surface area contributed by atoms with Gasteiger partial charge in [-0.15, -0.1) is 0 Å². The van der Waals surface area contributed by atoms with E-state index in [4.69, 9.17) is 5.84 Å². The number of hydrogen-bond acceptors (Lipinski definition) is 5. The predicted molar refractivity (Wildman–Crippen MR) is 57.9 cm³/mol. The average Bonchev–Trinajstić information content (AvgIpc) is 2.79. The topological polar surface area (TPSA) is 105 Å². The van der Waals surface area contributed by atoms with Gasteiger partial charge in [0, 0.05) is 24.2 Å². The van der Waals surface area contributed by atoms with E-state index < -0.39 is 12.3 Å². The second-order valence-electron chi connectivity index (χ2n) is 3.54. The second kappa shape index (κ2) is 4.26. The molecule has 1 aliphatic rings. The maximum Gasteiger partial charge on any atom is 0.346 e. The zero-order valence-corrected chi connectivity index (χ0v) is 9.12. The van der Waals surface area contributed by atoms with Gasteiger partial charge < -0.3 is 10.6 Å². The van der Waals surface area contributed by atoms with Gasteiger partial charge in [-0.25, -0.2) is 20.6 Å². The molecule has 1 aliphatic heterocycles. The van der Waals surface area contributed by atoms with Crippen LogP contribution in [0.25, 0.3) is 0 Å². The summed E-state index contributed by atoms with van der Waals surface area (Å²) >= 11 is 0. The van der Waals surface area contributed by atoms with E-state index in [0.29, 0.717) is 5.70 Å². The second-order valence-corrected chi connectivity index (χ2v) is 3.54. The molecule has 0 radical (unpaired) electrons. The van der Waals surface area contributed by atoms with E-state index in [9.17, 15) is 9.59 Å². The number of imidazole rings is 1. The van der Waals surface area contributed by atoms with Crippen LogP contribution in [0.1, 0.15) is 6.92 Å². The van der Waals surface area contributed by atoms with Crippen LogP contribution in [0.3, 0.4) is 0 Å². The Morgan fingerprint density at radius 1 is 1.59 bits per heavy atom.